The van der Waals surface area contributed by atoms with Crippen LogP contribution in [0.25, 0.3) is 0 Å². The maximum Gasteiger partial charge on any atom is 0.0850 e. The van der Waals surface area contributed by atoms with Gasteiger partial charge in [-0.15, -0.1) is 11.6 Å². The molecule has 0 saturated heterocycles. The molecule has 20 heavy (non-hydrogen) atoms. The summed E-state index contributed by atoms with van der Waals surface area (Å²) in [6, 6.07) is 14.2. The smallest absolute Gasteiger partial charge is 0.0850 e. The molecule has 0 aliphatic carbocycles. The molecule has 3 heteroatoms. The maximum absolute atomic E-state index is 6.56. The number of alkyl halides is 1. The molecule has 0 spiro atoms. The van der Waals surface area contributed by atoms with Gasteiger partial charge >= 0.3 is 0 Å². The molecular formula is C17H17BrCl2. The van der Waals surface area contributed by atoms with Crippen molar-refractivity contribution in [3.8, 4) is 0 Å². The Labute approximate surface area is 139 Å². The monoisotopic (exact) mass is 370 g/mol. The highest BCUT2D eigenvalue weighted by Gasteiger charge is 2.14. The van der Waals surface area contributed by atoms with Crippen molar-refractivity contribution in [1.82, 2.24) is 0 Å². The van der Waals surface area contributed by atoms with Crippen LogP contribution in [0.15, 0.2) is 46.9 Å². The molecule has 1 unspecified atom stereocenters. The minimum Gasteiger partial charge on any atom is -0.113 e. The van der Waals surface area contributed by atoms with Crippen molar-refractivity contribution < 1.29 is 0 Å². The molecule has 106 valence electrons. The lowest BCUT2D eigenvalue weighted by Gasteiger charge is -2.14. The van der Waals surface area contributed by atoms with Gasteiger partial charge in [0.2, 0.25) is 0 Å². The molecule has 0 bridgehead atoms. The van der Waals surface area contributed by atoms with E-state index in [9.17, 15) is 0 Å². The molecule has 1 atom stereocenters. The SMILES string of the molecule is CC(C)Cc1ccc(C(Cl)c2cc(Br)ccc2Cl)cc1. The van der Waals surface area contributed by atoms with Crippen molar-refractivity contribution in [2.24, 2.45) is 5.92 Å². The molecule has 0 aliphatic rings. The Balaban J connectivity index is 2.24. The third-order valence-corrected chi connectivity index (χ3v) is 4.47. The van der Waals surface area contributed by atoms with Crippen LogP contribution in [0.1, 0.15) is 35.9 Å². The zero-order chi connectivity index (χ0) is 14.7. The molecular weight excluding hydrogens is 355 g/mol. The van der Waals surface area contributed by atoms with Crippen molar-refractivity contribution in [2.75, 3.05) is 0 Å². The predicted molar refractivity (Wildman–Crippen MR) is 91.8 cm³/mol. The average Bonchev–Trinajstić information content (AvgIpc) is 2.41. The molecule has 0 radical (unpaired) electrons. The first-order valence-electron chi connectivity index (χ1n) is 6.65. The Morgan fingerprint density at radius 2 is 1.70 bits per heavy atom. The maximum atomic E-state index is 6.56. The first kappa shape index (κ1) is 15.9. The Kier molecular flexibility index (Phi) is 5.54. The summed E-state index contributed by atoms with van der Waals surface area (Å²) in [6.07, 6.45) is 1.09. The Hall–Kier alpha value is -0.500. The van der Waals surface area contributed by atoms with Gasteiger partial charge in [0.1, 0.15) is 0 Å². The van der Waals surface area contributed by atoms with Crippen molar-refractivity contribution in [2.45, 2.75) is 25.6 Å². The fraction of sp³-hybridized carbons (Fsp3) is 0.294. The number of halogens is 3. The van der Waals surface area contributed by atoms with Crippen LogP contribution in [0.2, 0.25) is 5.02 Å². The summed E-state index contributed by atoms with van der Waals surface area (Å²) in [5.74, 6) is 0.659. The van der Waals surface area contributed by atoms with Gasteiger partial charge in [-0.3, -0.25) is 0 Å². The molecule has 0 saturated carbocycles. The standard InChI is InChI=1S/C17H17BrCl2/c1-11(2)9-12-3-5-13(6-4-12)17(20)15-10-14(18)7-8-16(15)19/h3-8,10-11,17H,9H2,1-2H3. The molecule has 0 aromatic heterocycles. The number of rotatable bonds is 4. The predicted octanol–water partition coefficient (Wildman–Crippen LogP) is 6.63. The summed E-state index contributed by atoms with van der Waals surface area (Å²) in [7, 11) is 0. The van der Waals surface area contributed by atoms with Gasteiger partial charge in [0.15, 0.2) is 0 Å². The highest BCUT2D eigenvalue weighted by molar-refractivity contribution is 9.10. The van der Waals surface area contributed by atoms with Crippen molar-refractivity contribution >= 4 is 39.1 Å². The number of benzene rings is 2. The molecule has 2 aromatic rings. The Morgan fingerprint density at radius 3 is 2.30 bits per heavy atom. The largest absolute Gasteiger partial charge is 0.113 e. The van der Waals surface area contributed by atoms with Crippen molar-refractivity contribution in [1.29, 1.82) is 0 Å². The topological polar surface area (TPSA) is 0 Å². The highest BCUT2D eigenvalue weighted by atomic mass is 79.9. The van der Waals surface area contributed by atoms with Crippen LogP contribution in [0.3, 0.4) is 0 Å². The summed E-state index contributed by atoms with van der Waals surface area (Å²) in [4.78, 5) is 0. The van der Waals surface area contributed by atoms with E-state index in [-0.39, 0.29) is 5.38 Å². The lowest BCUT2D eigenvalue weighted by molar-refractivity contribution is 0.647. The van der Waals surface area contributed by atoms with Crippen LogP contribution in [0.4, 0.5) is 0 Å². The lowest BCUT2D eigenvalue weighted by atomic mass is 9.99. The van der Waals surface area contributed by atoms with Gasteiger partial charge in [0.05, 0.1) is 5.38 Å². The van der Waals surface area contributed by atoms with Gasteiger partial charge in [-0.2, -0.15) is 0 Å². The summed E-state index contributed by atoms with van der Waals surface area (Å²) < 4.78 is 0.985. The van der Waals surface area contributed by atoms with E-state index in [0.29, 0.717) is 10.9 Å². The van der Waals surface area contributed by atoms with Crippen LogP contribution in [0, 0.1) is 5.92 Å². The second-order valence-electron chi connectivity index (χ2n) is 5.37. The molecule has 0 N–H and O–H groups in total. The summed E-state index contributed by atoms with van der Waals surface area (Å²) >= 11 is 16.3. The summed E-state index contributed by atoms with van der Waals surface area (Å²) in [5, 5.41) is 0.465. The second-order valence-corrected chi connectivity index (χ2v) is 7.13. The van der Waals surface area contributed by atoms with E-state index in [4.69, 9.17) is 23.2 Å². The number of hydrogen-bond donors (Lipinski definition) is 0. The van der Waals surface area contributed by atoms with E-state index in [1.54, 1.807) is 0 Å². The van der Waals surface area contributed by atoms with Gasteiger partial charge in [0.25, 0.3) is 0 Å². The quantitative estimate of drug-likeness (QED) is 0.529. The minimum atomic E-state index is -0.229. The Morgan fingerprint density at radius 1 is 1.05 bits per heavy atom. The van der Waals surface area contributed by atoms with Crippen molar-refractivity contribution in [3.05, 3.63) is 68.7 Å². The molecule has 2 rings (SSSR count). The van der Waals surface area contributed by atoms with Crippen LogP contribution >= 0.6 is 39.1 Å². The molecule has 2 aromatic carbocycles. The second kappa shape index (κ2) is 6.98. The summed E-state index contributed by atoms with van der Waals surface area (Å²) in [6.45, 7) is 4.44. The van der Waals surface area contributed by atoms with Crippen LogP contribution < -0.4 is 0 Å². The van der Waals surface area contributed by atoms with Gasteiger partial charge in [-0.1, -0.05) is 65.6 Å². The van der Waals surface area contributed by atoms with Crippen LogP contribution in [0.5, 0.6) is 0 Å². The lowest BCUT2D eigenvalue weighted by Crippen LogP contribution is -1.97. The average molecular weight is 372 g/mol. The summed E-state index contributed by atoms with van der Waals surface area (Å²) in [5.41, 5.74) is 3.34. The van der Waals surface area contributed by atoms with Gasteiger partial charge < -0.3 is 0 Å². The molecule has 0 fully saturated rings. The van der Waals surface area contributed by atoms with Crippen LogP contribution in [-0.2, 0) is 6.42 Å². The zero-order valence-electron chi connectivity index (χ0n) is 11.5. The fourth-order valence-electron chi connectivity index (χ4n) is 2.18. The third kappa shape index (κ3) is 4.00. The molecule has 0 aliphatic heterocycles. The van der Waals surface area contributed by atoms with Crippen molar-refractivity contribution in [3.63, 3.8) is 0 Å². The first-order chi connectivity index (χ1) is 9.47. The molecule has 0 amide bonds. The van der Waals surface area contributed by atoms with Gasteiger partial charge in [-0.05, 0) is 47.2 Å². The normalized spacial score (nSPS) is 12.7. The van der Waals surface area contributed by atoms with E-state index in [0.717, 1.165) is 22.0 Å². The third-order valence-electron chi connectivity index (χ3n) is 3.15. The molecule has 0 heterocycles. The van der Waals surface area contributed by atoms with E-state index < -0.39 is 0 Å². The highest BCUT2D eigenvalue weighted by Crippen LogP contribution is 2.35. The van der Waals surface area contributed by atoms with E-state index in [1.807, 2.05) is 18.2 Å². The minimum absolute atomic E-state index is 0.229. The molecule has 0 nitrogen and oxygen atoms in total. The van der Waals surface area contributed by atoms with E-state index in [2.05, 4.69) is 54.0 Å². The van der Waals surface area contributed by atoms with E-state index >= 15 is 0 Å². The first-order valence-corrected chi connectivity index (χ1v) is 8.26. The zero-order valence-corrected chi connectivity index (χ0v) is 14.6. The van der Waals surface area contributed by atoms with E-state index in [1.165, 1.54) is 5.56 Å². The Bertz CT molecular complexity index is 576. The van der Waals surface area contributed by atoms with Crippen LogP contribution in [-0.4, -0.2) is 0 Å². The number of hydrogen-bond acceptors (Lipinski definition) is 0. The van der Waals surface area contributed by atoms with Gasteiger partial charge in [-0.25, -0.2) is 0 Å². The van der Waals surface area contributed by atoms with Gasteiger partial charge in [0, 0.05) is 9.50 Å². The fourth-order valence-corrected chi connectivity index (χ4v) is 3.17.